The van der Waals surface area contributed by atoms with Gasteiger partial charge < -0.3 is 9.80 Å². The lowest BCUT2D eigenvalue weighted by atomic mass is 9.96. The van der Waals surface area contributed by atoms with Crippen molar-refractivity contribution in [3.8, 4) is 0 Å². The van der Waals surface area contributed by atoms with Crippen molar-refractivity contribution in [2.24, 2.45) is 0 Å². The highest BCUT2D eigenvalue weighted by Crippen LogP contribution is 2.31. The summed E-state index contributed by atoms with van der Waals surface area (Å²) in [4.78, 5) is 28.2. The number of hydrogen-bond acceptors (Lipinski definition) is 2. The summed E-state index contributed by atoms with van der Waals surface area (Å²) < 4.78 is 76.1. The zero-order valence-electron chi connectivity index (χ0n) is 17.7. The zero-order chi connectivity index (χ0) is 24.4. The van der Waals surface area contributed by atoms with E-state index in [2.05, 4.69) is 0 Å². The molecule has 1 heterocycles. The van der Waals surface area contributed by atoms with Crippen molar-refractivity contribution in [1.82, 2.24) is 9.80 Å². The molecule has 1 aliphatic rings. The summed E-state index contributed by atoms with van der Waals surface area (Å²) in [6.07, 6.45) is -8.79. The molecule has 33 heavy (non-hydrogen) atoms. The number of hydrogen-bond donors (Lipinski definition) is 0. The van der Waals surface area contributed by atoms with Crippen LogP contribution in [0.3, 0.4) is 0 Å². The number of carbonyl (C=O) groups excluding carboxylic acids is 2. The fraction of sp³-hybridized carbons (Fsp3) is 0.391. The molecule has 10 heteroatoms. The van der Waals surface area contributed by atoms with Gasteiger partial charge in [-0.05, 0) is 47.9 Å². The minimum Gasteiger partial charge on any atom is -0.339 e. The van der Waals surface area contributed by atoms with Crippen LogP contribution in [0.4, 0.5) is 26.3 Å². The number of rotatable bonds is 4. The maximum Gasteiger partial charge on any atom is 0.416 e. The van der Waals surface area contributed by atoms with E-state index in [4.69, 9.17) is 0 Å². The van der Waals surface area contributed by atoms with Crippen LogP contribution in [0.5, 0.6) is 0 Å². The third kappa shape index (κ3) is 6.06. The van der Waals surface area contributed by atoms with Crippen molar-refractivity contribution in [2.75, 3.05) is 26.2 Å². The Balaban J connectivity index is 1.52. The van der Waals surface area contributed by atoms with Crippen LogP contribution < -0.4 is 0 Å². The first-order valence-electron chi connectivity index (χ1n) is 10.3. The normalized spacial score (nSPS) is 16.0. The van der Waals surface area contributed by atoms with Gasteiger partial charge in [-0.1, -0.05) is 19.1 Å². The second-order valence-electron chi connectivity index (χ2n) is 7.97. The molecule has 4 nitrogen and oxygen atoms in total. The van der Waals surface area contributed by atoms with Crippen molar-refractivity contribution in [3.05, 3.63) is 70.8 Å². The van der Waals surface area contributed by atoms with Gasteiger partial charge in [-0.25, -0.2) is 0 Å². The smallest absolute Gasteiger partial charge is 0.339 e. The van der Waals surface area contributed by atoms with Crippen LogP contribution in [0, 0.1) is 0 Å². The number of nitrogens with zero attached hydrogens (tertiary/aromatic N) is 2. The van der Waals surface area contributed by atoms with Crippen LogP contribution >= 0.6 is 0 Å². The van der Waals surface area contributed by atoms with Crippen molar-refractivity contribution in [2.45, 2.75) is 31.6 Å². The Hall–Kier alpha value is -3.04. The molecule has 0 aromatic heterocycles. The number of alkyl halides is 6. The molecule has 1 atom stereocenters. The van der Waals surface area contributed by atoms with Crippen LogP contribution in [0.1, 0.15) is 46.3 Å². The van der Waals surface area contributed by atoms with Gasteiger partial charge >= 0.3 is 12.4 Å². The van der Waals surface area contributed by atoms with Gasteiger partial charge in [-0.3, -0.25) is 9.59 Å². The first kappa shape index (κ1) is 24.6. The highest BCUT2D eigenvalue weighted by molar-refractivity contribution is 5.94. The summed E-state index contributed by atoms with van der Waals surface area (Å²) in [5.74, 6) is -0.871. The third-order valence-corrected chi connectivity index (χ3v) is 5.67. The van der Waals surface area contributed by atoms with Crippen LogP contribution in [-0.2, 0) is 17.1 Å². The van der Waals surface area contributed by atoms with Crippen LogP contribution in [0.2, 0.25) is 0 Å². The Morgan fingerprint density at radius 3 is 1.64 bits per heavy atom. The first-order chi connectivity index (χ1) is 15.4. The van der Waals surface area contributed by atoms with Gasteiger partial charge in [-0.2, -0.15) is 26.3 Å². The number of benzene rings is 2. The summed E-state index contributed by atoms with van der Waals surface area (Å²) in [5, 5.41) is 0. The topological polar surface area (TPSA) is 40.6 Å². The van der Waals surface area contributed by atoms with E-state index in [0.717, 1.165) is 36.4 Å². The lowest BCUT2D eigenvalue weighted by Gasteiger charge is -2.35. The molecule has 1 aliphatic heterocycles. The standard InChI is InChI=1S/C23H22F6N2O2/c1-15(16-2-6-18(7-3-16)22(24,25)26)14-20(32)30-10-12-31(13-11-30)21(33)17-4-8-19(9-5-17)23(27,28)29/h2-9,15H,10-14H2,1H3. The van der Waals surface area contributed by atoms with Gasteiger partial charge in [0.15, 0.2) is 0 Å². The molecule has 2 amide bonds. The number of halogens is 6. The summed E-state index contributed by atoms with van der Waals surface area (Å²) in [6, 6.07) is 8.68. The zero-order valence-corrected chi connectivity index (χ0v) is 17.7. The molecular formula is C23H22F6N2O2. The molecule has 0 bridgehead atoms. The summed E-state index contributed by atoms with van der Waals surface area (Å²) >= 11 is 0. The third-order valence-electron chi connectivity index (χ3n) is 5.67. The van der Waals surface area contributed by atoms with Gasteiger partial charge in [0, 0.05) is 38.2 Å². The Bertz CT molecular complexity index is 976. The lowest BCUT2D eigenvalue weighted by molar-refractivity contribution is -0.138. The van der Waals surface area contributed by atoms with Gasteiger partial charge in [0.25, 0.3) is 5.91 Å². The van der Waals surface area contributed by atoms with E-state index in [0.29, 0.717) is 5.56 Å². The quantitative estimate of drug-likeness (QED) is 0.574. The molecule has 0 saturated carbocycles. The first-order valence-corrected chi connectivity index (χ1v) is 10.3. The Morgan fingerprint density at radius 2 is 1.18 bits per heavy atom. The predicted molar refractivity (Wildman–Crippen MR) is 108 cm³/mol. The number of carbonyl (C=O) groups is 2. The minimum absolute atomic E-state index is 0.109. The van der Waals surface area contributed by atoms with E-state index in [1.54, 1.807) is 11.8 Å². The average molecular weight is 472 g/mol. The Labute approximate surface area is 186 Å². The van der Waals surface area contributed by atoms with Gasteiger partial charge in [0.2, 0.25) is 5.91 Å². The average Bonchev–Trinajstić information content (AvgIpc) is 2.77. The molecule has 1 unspecified atom stereocenters. The van der Waals surface area contributed by atoms with Crippen molar-refractivity contribution >= 4 is 11.8 Å². The SMILES string of the molecule is CC(CC(=O)N1CCN(C(=O)c2ccc(C(F)(F)F)cc2)CC1)c1ccc(C(F)(F)F)cc1. The van der Waals surface area contributed by atoms with Gasteiger partial charge in [-0.15, -0.1) is 0 Å². The van der Waals surface area contributed by atoms with E-state index in [1.807, 2.05) is 0 Å². The van der Waals surface area contributed by atoms with E-state index in [1.165, 1.54) is 17.0 Å². The minimum atomic E-state index is -4.48. The maximum atomic E-state index is 12.7. The van der Waals surface area contributed by atoms with Gasteiger partial charge in [0.1, 0.15) is 0 Å². The molecule has 1 saturated heterocycles. The van der Waals surface area contributed by atoms with Crippen molar-refractivity contribution < 1.29 is 35.9 Å². The number of amides is 2. The molecular weight excluding hydrogens is 450 g/mol. The second kappa shape index (κ2) is 9.44. The van der Waals surface area contributed by atoms with E-state index >= 15 is 0 Å². The Kier molecular flexibility index (Phi) is 7.04. The molecule has 0 radical (unpaired) electrons. The van der Waals surface area contributed by atoms with Crippen LogP contribution in [0.15, 0.2) is 48.5 Å². The molecule has 0 aliphatic carbocycles. The predicted octanol–water partition coefficient (Wildman–Crippen LogP) is 5.20. The largest absolute Gasteiger partial charge is 0.416 e. The van der Waals surface area contributed by atoms with E-state index < -0.39 is 29.4 Å². The molecule has 2 aromatic carbocycles. The highest BCUT2D eigenvalue weighted by Gasteiger charge is 2.32. The summed E-state index contributed by atoms with van der Waals surface area (Å²) in [7, 11) is 0. The number of piperazine rings is 1. The monoisotopic (exact) mass is 472 g/mol. The van der Waals surface area contributed by atoms with E-state index in [9.17, 15) is 35.9 Å². The molecule has 0 N–H and O–H groups in total. The van der Waals surface area contributed by atoms with Crippen LogP contribution in [-0.4, -0.2) is 47.8 Å². The lowest BCUT2D eigenvalue weighted by Crippen LogP contribution is -2.50. The molecule has 1 fully saturated rings. The van der Waals surface area contributed by atoms with Crippen LogP contribution in [0.25, 0.3) is 0 Å². The molecule has 3 rings (SSSR count). The Morgan fingerprint density at radius 1 is 0.758 bits per heavy atom. The summed E-state index contributed by atoms with van der Waals surface area (Å²) in [6.45, 7) is 2.77. The fourth-order valence-electron chi connectivity index (χ4n) is 3.65. The summed E-state index contributed by atoms with van der Waals surface area (Å²) in [5.41, 5.74) is -0.832. The van der Waals surface area contributed by atoms with Crippen molar-refractivity contribution in [3.63, 3.8) is 0 Å². The van der Waals surface area contributed by atoms with Gasteiger partial charge in [0.05, 0.1) is 11.1 Å². The fourth-order valence-corrected chi connectivity index (χ4v) is 3.65. The maximum absolute atomic E-state index is 12.7. The molecule has 2 aromatic rings. The van der Waals surface area contributed by atoms with E-state index in [-0.39, 0.29) is 50.0 Å². The second-order valence-corrected chi connectivity index (χ2v) is 7.97. The molecule has 178 valence electrons. The highest BCUT2D eigenvalue weighted by atomic mass is 19.4. The van der Waals surface area contributed by atoms with Crippen molar-refractivity contribution in [1.29, 1.82) is 0 Å². The molecule has 0 spiro atoms.